The van der Waals surface area contributed by atoms with Crippen molar-refractivity contribution in [3.05, 3.63) is 57.8 Å². The summed E-state index contributed by atoms with van der Waals surface area (Å²) < 4.78 is 28.0. The van der Waals surface area contributed by atoms with E-state index in [4.69, 9.17) is 23.2 Å². The average Bonchev–Trinajstić information content (AvgIpc) is 3.12. The number of benzene rings is 1. The second kappa shape index (κ2) is 8.56. The molecule has 144 valence electrons. The second-order valence-electron chi connectivity index (χ2n) is 6.37. The van der Waals surface area contributed by atoms with Crippen LogP contribution in [-0.2, 0) is 16.6 Å². The van der Waals surface area contributed by atoms with Crippen LogP contribution < -0.4 is 10.0 Å². The number of aromatic nitrogens is 1. The zero-order valence-electron chi connectivity index (χ0n) is 14.4. The van der Waals surface area contributed by atoms with Gasteiger partial charge in [0.1, 0.15) is 4.90 Å². The minimum Gasteiger partial charge on any atom is -0.346 e. The molecule has 2 N–H and O–H groups in total. The Bertz CT molecular complexity index is 930. The summed E-state index contributed by atoms with van der Waals surface area (Å²) in [6.07, 6.45) is 5.19. The van der Waals surface area contributed by atoms with Gasteiger partial charge in [0.2, 0.25) is 10.0 Å². The molecule has 0 radical (unpaired) electrons. The standard InChI is InChI=1S/C18H19Cl2N3O3S/c19-15-10-16(20)17(27(25,26)23-12-5-1-2-6-12)9-14(15)18(24)22-11-13-7-3-4-8-21-13/h3-4,7-10,12,23H,1-2,5-6,11H2,(H,22,24). The van der Waals surface area contributed by atoms with Gasteiger partial charge in [0, 0.05) is 12.2 Å². The van der Waals surface area contributed by atoms with Crippen LogP contribution in [0.1, 0.15) is 41.7 Å². The Hall–Kier alpha value is -1.67. The van der Waals surface area contributed by atoms with Gasteiger partial charge in [-0.3, -0.25) is 9.78 Å². The Kier molecular flexibility index (Phi) is 6.37. The van der Waals surface area contributed by atoms with Crippen molar-refractivity contribution >= 4 is 39.1 Å². The molecule has 2 aromatic rings. The summed E-state index contributed by atoms with van der Waals surface area (Å²) in [7, 11) is -3.85. The van der Waals surface area contributed by atoms with Gasteiger partial charge in [0.25, 0.3) is 5.91 Å². The van der Waals surface area contributed by atoms with Gasteiger partial charge in [-0.2, -0.15) is 0 Å². The zero-order valence-corrected chi connectivity index (χ0v) is 16.7. The molecule has 27 heavy (non-hydrogen) atoms. The van der Waals surface area contributed by atoms with Gasteiger partial charge in [-0.15, -0.1) is 0 Å². The Labute approximate surface area is 168 Å². The maximum atomic E-state index is 12.7. The van der Waals surface area contributed by atoms with Crippen molar-refractivity contribution in [2.24, 2.45) is 0 Å². The third-order valence-corrected chi connectivity index (χ3v) is 6.69. The Morgan fingerprint density at radius 1 is 1.15 bits per heavy atom. The number of rotatable bonds is 6. The van der Waals surface area contributed by atoms with Crippen LogP contribution in [-0.4, -0.2) is 25.4 Å². The fraction of sp³-hybridized carbons (Fsp3) is 0.333. The van der Waals surface area contributed by atoms with Crippen molar-refractivity contribution < 1.29 is 13.2 Å². The van der Waals surface area contributed by atoms with Crippen LogP contribution in [0, 0.1) is 0 Å². The number of sulfonamides is 1. The largest absolute Gasteiger partial charge is 0.346 e. The lowest BCUT2D eigenvalue weighted by Gasteiger charge is -2.15. The van der Waals surface area contributed by atoms with E-state index in [0.717, 1.165) is 25.7 Å². The van der Waals surface area contributed by atoms with E-state index in [1.807, 2.05) is 6.07 Å². The van der Waals surface area contributed by atoms with E-state index in [2.05, 4.69) is 15.0 Å². The van der Waals surface area contributed by atoms with Gasteiger partial charge in [-0.05, 0) is 37.1 Å². The molecule has 1 aliphatic rings. The van der Waals surface area contributed by atoms with Crippen LogP contribution >= 0.6 is 23.2 Å². The quantitative estimate of drug-likeness (QED) is 0.737. The highest BCUT2D eigenvalue weighted by atomic mass is 35.5. The molecule has 6 nitrogen and oxygen atoms in total. The molecule has 0 aliphatic heterocycles. The highest BCUT2D eigenvalue weighted by molar-refractivity contribution is 7.89. The highest BCUT2D eigenvalue weighted by Gasteiger charge is 2.26. The summed E-state index contributed by atoms with van der Waals surface area (Å²) in [5, 5.41) is 2.74. The molecule has 1 aromatic heterocycles. The zero-order chi connectivity index (χ0) is 19.4. The Morgan fingerprint density at radius 2 is 1.89 bits per heavy atom. The first-order chi connectivity index (χ1) is 12.9. The molecule has 9 heteroatoms. The van der Waals surface area contributed by atoms with Gasteiger partial charge >= 0.3 is 0 Å². The predicted octanol–water partition coefficient (Wildman–Crippen LogP) is 3.54. The molecular formula is C18H19Cl2N3O3S. The fourth-order valence-electron chi connectivity index (χ4n) is 3.00. The minimum absolute atomic E-state index is 0.0215. The lowest BCUT2D eigenvalue weighted by atomic mass is 10.2. The summed E-state index contributed by atoms with van der Waals surface area (Å²) in [6.45, 7) is 0.195. The van der Waals surface area contributed by atoms with E-state index >= 15 is 0 Å². The fourth-order valence-corrected chi connectivity index (χ4v) is 5.17. The summed E-state index contributed by atoms with van der Waals surface area (Å²) in [5.41, 5.74) is 0.718. The summed E-state index contributed by atoms with van der Waals surface area (Å²) in [4.78, 5) is 16.5. The Morgan fingerprint density at radius 3 is 2.56 bits per heavy atom. The molecule has 0 bridgehead atoms. The van der Waals surface area contributed by atoms with E-state index in [0.29, 0.717) is 5.69 Å². The molecule has 0 spiro atoms. The van der Waals surface area contributed by atoms with E-state index in [-0.39, 0.29) is 33.1 Å². The number of carbonyl (C=O) groups is 1. The van der Waals surface area contributed by atoms with E-state index < -0.39 is 15.9 Å². The van der Waals surface area contributed by atoms with Gasteiger partial charge in [-0.25, -0.2) is 13.1 Å². The number of amides is 1. The number of hydrogen-bond acceptors (Lipinski definition) is 4. The maximum Gasteiger partial charge on any atom is 0.253 e. The first-order valence-electron chi connectivity index (χ1n) is 8.56. The molecule has 1 fully saturated rings. The molecule has 3 rings (SSSR count). The van der Waals surface area contributed by atoms with Crippen molar-refractivity contribution in [2.45, 2.75) is 43.2 Å². The van der Waals surface area contributed by atoms with Crippen molar-refractivity contribution in [3.8, 4) is 0 Å². The molecule has 1 heterocycles. The maximum absolute atomic E-state index is 12.7. The monoisotopic (exact) mass is 427 g/mol. The van der Waals surface area contributed by atoms with Crippen LogP contribution in [0.3, 0.4) is 0 Å². The van der Waals surface area contributed by atoms with Crippen molar-refractivity contribution in [2.75, 3.05) is 0 Å². The number of carbonyl (C=O) groups excluding carboxylic acids is 1. The molecular weight excluding hydrogens is 409 g/mol. The topological polar surface area (TPSA) is 88.2 Å². The summed E-state index contributed by atoms with van der Waals surface area (Å²) in [6, 6.07) is 7.74. The first-order valence-corrected chi connectivity index (χ1v) is 10.8. The predicted molar refractivity (Wildman–Crippen MR) is 104 cm³/mol. The molecule has 1 amide bonds. The number of nitrogens with one attached hydrogen (secondary N) is 2. The Balaban J connectivity index is 1.81. The van der Waals surface area contributed by atoms with Crippen LogP contribution in [0.15, 0.2) is 41.4 Å². The minimum atomic E-state index is -3.85. The normalized spacial score (nSPS) is 15.0. The highest BCUT2D eigenvalue weighted by Crippen LogP contribution is 2.30. The number of pyridine rings is 1. The van der Waals surface area contributed by atoms with Gasteiger partial charge in [0.15, 0.2) is 0 Å². The molecule has 1 saturated carbocycles. The van der Waals surface area contributed by atoms with E-state index in [1.165, 1.54) is 12.1 Å². The van der Waals surface area contributed by atoms with Crippen LogP contribution in [0.5, 0.6) is 0 Å². The van der Waals surface area contributed by atoms with Crippen molar-refractivity contribution in [3.63, 3.8) is 0 Å². The van der Waals surface area contributed by atoms with Gasteiger partial charge in [-0.1, -0.05) is 42.1 Å². The summed E-state index contributed by atoms with van der Waals surface area (Å²) in [5.74, 6) is -0.500. The third kappa shape index (κ3) is 4.99. The third-order valence-electron chi connectivity index (χ3n) is 4.39. The van der Waals surface area contributed by atoms with Gasteiger partial charge in [0.05, 0.1) is 27.8 Å². The number of hydrogen-bond donors (Lipinski definition) is 2. The molecule has 1 aliphatic carbocycles. The lowest BCUT2D eigenvalue weighted by molar-refractivity contribution is 0.0950. The smallest absolute Gasteiger partial charge is 0.253 e. The molecule has 1 aromatic carbocycles. The van der Waals surface area contributed by atoms with E-state index in [9.17, 15) is 13.2 Å². The summed E-state index contributed by atoms with van der Waals surface area (Å²) >= 11 is 12.2. The van der Waals surface area contributed by atoms with Crippen molar-refractivity contribution in [1.29, 1.82) is 0 Å². The van der Waals surface area contributed by atoms with Crippen LogP contribution in [0.25, 0.3) is 0 Å². The number of nitrogens with zero attached hydrogens (tertiary/aromatic N) is 1. The lowest BCUT2D eigenvalue weighted by Crippen LogP contribution is -2.33. The van der Waals surface area contributed by atoms with Gasteiger partial charge < -0.3 is 5.32 Å². The average molecular weight is 428 g/mol. The molecule has 0 atom stereocenters. The SMILES string of the molecule is O=C(NCc1ccccn1)c1cc(S(=O)(=O)NC2CCCC2)c(Cl)cc1Cl. The molecule has 0 unspecified atom stereocenters. The number of halogens is 2. The van der Waals surface area contributed by atoms with Crippen LogP contribution in [0.2, 0.25) is 10.0 Å². The van der Waals surface area contributed by atoms with E-state index in [1.54, 1.807) is 18.3 Å². The van der Waals surface area contributed by atoms with Crippen molar-refractivity contribution in [1.82, 2.24) is 15.0 Å². The molecule has 0 saturated heterocycles. The second-order valence-corrected chi connectivity index (χ2v) is 8.87. The first kappa shape index (κ1) is 20.1. The van der Waals surface area contributed by atoms with Crippen LogP contribution in [0.4, 0.5) is 0 Å².